The molecule has 2 aromatic heterocycles. The Kier molecular flexibility index (Phi) is 4.50. The van der Waals surface area contributed by atoms with Gasteiger partial charge in [-0.3, -0.25) is 10.1 Å². The molecule has 0 spiro atoms. The van der Waals surface area contributed by atoms with Gasteiger partial charge in [-0.1, -0.05) is 17.3 Å². The zero-order chi connectivity index (χ0) is 15.4. The first-order valence-corrected chi connectivity index (χ1v) is 8.31. The van der Waals surface area contributed by atoms with Crippen LogP contribution < -0.4 is 5.32 Å². The summed E-state index contributed by atoms with van der Waals surface area (Å²) in [6.45, 7) is 1.77. The first-order valence-electron chi connectivity index (χ1n) is 6.44. The Bertz CT molecular complexity index is 771. The van der Waals surface area contributed by atoms with E-state index in [1.54, 1.807) is 19.2 Å². The summed E-state index contributed by atoms with van der Waals surface area (Å²) in [6, 6.07) is 7.40. The predicted octanol–water partition coefficient (Wildman–Crippen LogP) is 3.38. The lowest BCUT2D eigenvalue weighted by Crippen LogP contribution is -2.12. The minimum Gasteiger partial charge on any atom is -0.338 e. The predicted molar refractivity (Wildman–Crippen MR) is 85.1 cm³/mol. The number of carbonyl (C=O) groups is 1. The third kappa shape index (κ3) is 3.52. The molecular formula is C14H12N4O2S2. The van der Waals surface area contributed by atoms with Gasteiger partial charge in [-0.25, -0.2) is 4.98 Å². The summed E-state index contributed by atoms with van der Waals surface area (Å²) < 4.78 is 5.08. The summed E-state index contributed by atoms with van der Waals surface area (Å²) in [5.41, 5.74) is 0.596. The quantitative estimate of drug-likeness (QED) is 0.721. The minimum absolute atomic E-state index is 0.181. The Balaban J connectivity index is 1.73. The topological polar surface area (TPSA) is 80.9 Å². The van der Waals surface area contributed by atoms with Crippen molar-refractivity contribution in [2.75, 3.05) is 5.32 Å². The van der Waals surface area contributed by atoms with Crippen LogP contribution in [0.2, 0.25) is 0 Å². The van der Waals surface area contributed by atoms with Gasteiger partial charge in [0.05, 0.1) is 11.3 Å². The number of nitrogens with one attached hydrogen (secondary N) is 1. The maximum absolute atomic E-state index is 12.3. The molecule has 0 aliphatic rings. The first kappa shape index (κ1) is 14.7. The molecule has 0 aliphatic heterocycles. The van der Waals surface area contributed by atoms with Gasteiger partial charge in [0.15, 0.2) is 11.0 Å². The first-order chi connectivity index (χ1) is 10.7. The molecule has 0 unspecified atom stereocenters. The third-order valence-electron chi connectivity index (χ3n) is 2.71. The van der Waals surface area contributed by atoms with Crippen LogP contribution in [0.15, 0.2) is 45.3 Å². The van der Waals surface area contributed by atoms with Crippen molar-refractivity contribution >= 4 is 34.1 Å². The van der Waals surface area contributed by atoms with Crippen molar-refractivity contribution in [3.63, 3.8) is 0 Å². The van der Waals surface area contributed by atoms with E-state index in [9.17, 15) is 4.79 Å². The van der Waals surface area contributed by atoms with Crippen molar-refractivity contribution in [1.29, 1.82) is 0 Å². The number of anilines is 1. The summed E-state index contributed by atoms with van der Waals surface area (Å²) in [4.78, 5) is 21.4. The Labute approximate surface area is 135 Å². The summed E-state index contributed by atoms with van der Waals surface area (Å²) in [6.07, 6.45) is 1.65. The van der Waals surface area contributed by atoms with Crippen LogP contribution >= 0.6 is 23.1 Å². The van der Waals surface area contributed by atoms with Crippen LogP contribution in [0.4, 0.5) is 5.13 Å². The van der Waals surface area contributed by atoms with Gasteiger partial charge in [0, 0.05) is 16.5 Å². The molecule has 1 aromatic carbocycles. The molecular weight excluding hydrogens is 320 g/mol. The van der Waals surface area contributed by atoms with E-state index >= 15 is 0 Å². The van der Waals surface area contributed by atoms with E-state index in [0.29, 0.717) is 28.2 Å². The van der Waals surface area contributed by atoms with Crippen molar-refractivity contribution in [2.45, 2.75) is 17.6 Å². The van der Waals surface area contributed by atoms with E-state index in [-0.39, 0.29) is 5.91 Å². The fourth-order valence-corrected chi connectivity index (χ4v) is 3.18. The monoisotopic (exact) mass is 332 g/mol. The van der Waals surface area contributed by atoms with Crippen LogP contribution in [-0.4, -0.2) is 21.0 Å². The molecule has 112 valence electrons. The van der Waals surface area contributed by atoms with Crippen LogP contribution in [0.5, 0.6) is 0 Å². The molecule has 0 aliphatic carbocycles. The lowest BCUT2D eigenvalue weighted by Gasteiger charge is -2.07. The maximum Gasteiger partial charge on any atom is 0.258 e. The normalized spacial score (nSPS) is 10.6. The van der Waals surface area contributed by atoms with Crippen LogP contribution in [0, 0.1) is 6.92 Å². The van der Waals surface area contributed by atoms with Crippen molar-refractivity contribution in [3.8, 4) is 0 Å². The SMILES string of the molecule is Cc1noc(CSc2ccccc2C(=O)Nc2nccs2)n1. The number of hydrogen-bond donors (Lipinski definition) is 1. The van der Waals surface area contributed by atoms with E-state index in [2.05, 4.69) is 20.4 Å². The second-order valence-corrected chi connectivity index (χ2v) is 6.22. The molecule has 1 N–H and O–H groups in total. The molecule has 8 heteroatoms. The average molecular weight is 332 g/mol. The molecule has 3 rings (SSSR count). The highest BCUT2D eigenvalue weighted by molar-refractivity contribution is 7.98. The number of carbonyl (C=O) groups excluding carboxylic acids is 1. The summed E-state index contributed by atoms with van der Waals surface area (Å²) in [5.74, 6) is 1.48. The number of thioether (sulfide) groups is 1. The minimum atomic E-state index is -0.181. The van der Waals surface area contributed by atoms with Gasteiger partial charge in [0.1, 0.15) is 0 Å². The highest BCUT2D eigenvalue weighted by atomic mass is 32.2. The molecule has 0 radical (unpaired) electrons. The van der Waals surface area contributed by atoms with Crippen LogP contribution in [0.1, 0.15) is 22.1 Å². The van der Waals surface area contributed by atoms with E-state index in [1.807, 2.05) is 23.6 Å². The van der Waals surface area contributed by atoms with Crippen molar-refractivity contribution < 1.29 is 9.32 Å². The molecule has 1 amide bonds. The van der Waals surface area contributed by atoms with E-state index in [1.165, 1.54) is 23.1 Å². The fraction of sp³-hybridized carbons (Fsp3) is 0.143. The Hall–Kier alpha value is -2.19. The van der Waals surface area contributed by atoms with Crippen LogP contribution in [0.25, 0.3) is 0 Å². The summed E-state index contributed by atoms with van der Waals surface area (Å²) >= 11 is 2.86. The van der Waals surface area contributed by atoms with Gasteiger partial charge in [-0.05, 0) is 19.1 Å². The highest BCUT2D eigenvalue weighted by Crippen LogP contribution is 2.26. The fourth-order valence-electron chi connectivity index (χ4n) is 1.77. The molecule has 0 atom stereocenters. The molecule has 2 heterocycles. The van der Waals surface area contributed by atoms with Crippen molar-refractivity contribution in [1.82, 2.24) is 15.1 Å². The number of amides is 1. The van der Waals surface area contributed by atoms with Gasteiger partial charge in [-0.15, -0.1) is 23.1 Å². The largest absolute Gasteiger partial charge is 0.338 e. The smallest absolute Gasteiger partial charge is 0.258 e. The van der Waals surface area contributed by atoms with E-state index in [4.69, 9.17) is 4.52 Å². The van der Waals surface area contributed by atoms with Crippen molar-refractivity contribution in [2.24, 2.45) is 0 Å². The molecule has 0 saturated carbocycles. The van der Waals surface area contributed by atoms with Gasteiger partial charge < -0.3 is 4.52 Å². The second-order valence-electron chi connectivity index (χ2n) is 4.31. The standard InChI is InChI=1S/C14H12N4O2S2/c1-9-16-12(20-18-9)8-22-11-5-3-2-4-10(11)13(19)17-14-15-6-7-21-14/h2-7H,8H2,1H3,(H,15,17,19). The summed E-state index contributed by atoms with van der Waals surface area (Å²) in [5, 5.41) is 8.93. The van der Waals surface area contributed by atoms with Crippen molar-refractivity contribution in [3.05, 3.63) is 53.1 Å². The zero-order valence-electron chi connectivity index (χ0n) is 11.6. The molecule has 0 bridgehead atoms. The molecule has 3 aromatic rings. The summed E-state index contributed by atoms with van der Waals surface area (Å²) in [7, 11) is 0. The zero-order valence-corrected chi connectivity index (χ0v) is 13.3. The van der Waals surface area contributed by atoms with Crippen LogP contribution in [-0.2, 0) is 5.75 Å². The number of nitrogens with zero attached hydrogens (tertiary/aromatic N) is 3. The maximum atomic E-state index is 12.3. The Morgan fingerprint density at radius 1 is 1.41 bits per heavy atom. The third-order valence-corrected chi connectivity index (χ3v) is 4.45. The van der Waals surface area contributed by atoms with Crippen LogP contribution in [0.3, 0.4) is 0 Å². The second kappa shape index (κ2) is 6.71. The number of aromatic nitrogens is 3. The van der Waals surface area contributed by atoms with Gasteiger partial charge in [-0.2, -0.15) is 4.98 Å². The Morgan fingerprint density at radius 3 is 3.00 bits per heavy atom. The van der Waals surface area contributed by atoms with E-state index in [0.717, 1.165) is 4.90 Å². The number of thiazole rings is 1. The molecule has 0 saturated heterocycles. The number of rotatable bonds is 5. The lowest BCUT2D eigenvalue weighted by molar-refractivity contribution is 0.102. The molecule has 0 fully saturated rings. The Morgan fingerprint density at radius 2 is 2.27 bits per heavy atom. The molecule has 6 nitrogen and oxygen atoms in total. The van der Waals surface area contributed by atoms with E-state index < -0.39 is 0 Å². The van der Waals surface area contributed by atoms with Gasteiger partial charge >= 0.3 is 0 Å². The number of hydrogen-bond acceptors (Lipinski definition) is 7. The lowest BCUT2D eigenvalue weighted by atomic mass is 10.2. The average Bonchev–Trinajstić information content (AvgIpc) is 3.17. The highest BCUT2D eigenvalue weighted by Gasteiger charge is 2.13. The molecule has 22 heavy (non-hydrogen) atoms. The number of aryl methyl sites for hydroxylation is 1. The van der Waals surface area contributed by atoms with Gasteiger partial charge in [0.2, 0.25) is 5.89 Å². The number of benzene rings is 1. The van der Waals surface area contributed by atoms with Gasteiger partial charge in [0.25, 0.3) is 5.91 Å².